The van der Waals surface area contributed by atoms with Gasteiger partial charge >= 0.3 is 5.97 Å². The van der Waals surface area contributed by atoms with Gasteiger partial charge in [0, 0.05) is 17.6 Å². The molecule has 0 unspecified atom stereocenters. The molecular weight excluding hydrogens is 364 g/mol. The molecule has 146 valence electrons. The Kier molecular flexibility index (Phi) is 8.06. The van der Waals surface area contributed by atoms with E-state index in [0.29, 0.717) is 30.4 Å². The molecule has 2 N–H and O–H groups in total. The zero-order valence-corrected chi connectivity index (χ0v) is 17.0. The zero-order chi connectivity index (χ0) is 19.6. The molecule has 0 atom stereocenters. The predicted molar refractivity (Wildman–Crippen MR) is 107 cm³/mol. The van der Waals surface area contributed by atoms with Crippen LogP contribution < -0.4 is 15.4 Å². The summed E-state index contributed by atoms with van der Waals surface area (Å²) in [6.07, 6.45) is 2.91. The monoisotopic (exact) mass is 390 g/mol. The van der Waals surface area contributed by atoms with Crippen molar-refractivity contribution >= 4 is 23.3 Å². The van der Waals surface area contributed by atoms with Gasteiger partial charge in [-0.15, -0.1) is 11.3 Å². The van der Waals surface area contributed by atoms with E-state index < -0.39 is 5.97 Å². The average Bonchev–Trinajstić information content (AvgIpc) is 3.17. The van der Waals surface area contributed by atoms with Crippen molar-refractivity contribution in [1.29, 1.82) is 0 Å². The summed E-state index contributed by atoms with van der Waals surface area (Å²) in [5.41, 5.74) is 1.27. The molecule has 27 heavy (non-hydrogen) atoms. The first-order valence-electron chi connectivity index (χ1n) is 8.82. The molecule has 0 bridgehead atoms. The molecule has 0 spiro atoms. The van der Waals surface area contributed by atoms with Crippen molar-refractivity contribution in [3.05, 3.63) is 45.4 Å². The number of esters is 1. The van der Waals surface area contributed by atoms with Crippen LogP contribution in [0.2, 0.25) is 0 Å². The molecule has 0 aliphatic heterocycles. The van der Waals surface area contributed by atoms with Crippen molar-refractivity contribution in [3.63, 3.8) is 0 Å². The number of guanidine groups is 1. The summed E-state index contributed by atoms with van der Waals surface area (Å²) in [6.45, 7) is 5.92. The molecule has 1 heterocycles. The number of methoxy groups -OCH3 is 2. The second-order valence-corrected chi connectivity index (χ2v) is 6.85. The lowest BCUT2D eigenvalue weighted by atomic mass is 10.1. The molecule has 0 amide bonds. The molecule has 0 saturated carbocycles. The van der Waals surface area contributed by atoms with Crippen LogP contribution >= 0.6 is 11.3 Å². The number of rotatable bonds is 8. The minimum absolute atomic E-state index is 0.389. The second-order valence-electron chi connectivity index (χ2n) is 5.65. The Bertz CT molecular complexity index is 789. The summed E-state index contributed by atoms with van der Waals surface area (Å²) in [6, 6.07) is 5.37. The lowest BCUT2D eigenvalue weighted by Crippen LogP contribution is -2.36. The number of hydrogen-bond donors (Lipinski definition) is 2. The molecule has 0 saturated heterocycles. The number of carbonyl (C=O) groups is 1. The van der Waals surface area contributed by atoms with E-state index in [1.165, 1.54) is 19.1 Å². The Hall–Kier alpha value is -2.61. The van der Waals surface area contributed by atoms with Crippen LogP contribution in [-0.2, 0) is 24.2 Å². The molecule has 1 aromatic carbocycles. The number of carbonyl (C=O) groups excluding carboxylic acids is 1. The fourth-order valence-electron chi connectivity index (χ4n) is 2.39. The number of aliphatic imine (C=N–C) groups is 1. The summed E-state index contributed by atoms with van der Waals surface area (Å²) in [4.78, 5) is 22.2. The highest BCUT2D eigenvalue weighted by atomic mass is 32.1. The molecule has 0 fully saturated rings. The van der Waals surface area contributed by atoms with Crippen molar-refractivity contribution in [1.82, 2.24) is 15.6 Å². The highest BCUT2D eigenvalue weighted by Gasteiger charge is 2.13. The van der Waals surface area contributed by atoms with Crippen LogP contribution in [0.25, 0.3) is 0 Å². The highest BCUT2D eigenvalue weighted by Crippen LogP contribution is 2.21. The molecule has 0 radical (unpaired) electrons. The maximum absolute atomic E-state index is 11.9. The van der Waals surface area contributed by atoms with Gasteiger partial charge < -0.3 is 20.1 Å². The van der Waals surface area contributed by atoms with Crippen LogP contribution in [0.5, 0.6) is 5.75 Å². The Labute approximate surface area is 163 Å². The van der Waals surface area contributed by atoms with Gasteiger partial charge in [-0.05, 0) is 31.0 Å². The summed E-state index contributed by atoms with van der Waals surface area (Å²) >= 11 is 1.70. The van der Waals surface area contributed by atoms with Crippen LogP contribution in [0.4, 0.5) is 0 Å². The van der Waals surface area contributed by atoms with Crippen molar-refractivity contribution in [2.75, 3.05) is 20.8 Å². The van der Waals surface area contributed by atoms with E-state index in [4.69, 9.17) is 9.47 Å². The first-order chi connectivity index (χ1) is 13.1. The Balaban J connectivity index is 2.07. The van der Waals surface area contributed by atoms with E-state index in [-0.39, 0.29) is 0 Å². The van der Waals surface area contributed by atoms with Gasteiger partial charge in [0.15, 0.2) is 5.96 Å². The summed E-state index contributed by atoms with van der Waals surface area (Å²) < 4.78 is 10.0. The lowest BCUT2D eigenvalue weighted by Gasteiger charge is -2.11. The molecule has 8 heteroatoms. The summed E-state index contributed by atoms with van der Waals surface area (Å²) in [5, 5.41) is 7.52. The highest BCUT2D eigenvalue weighted by molar-refractivity contribution is 7.11. The van der Waals surface area contributed by atoms with Crippen molar-refractivity contribution < 1.29 is 14.3 Å². The SMILES string of the molecule is CCNC(=NCc1ccc(OC)c(C(=O)OC)c1)NCc1ncc(CC)s1. The van der Waals surface area contributed by atoms with Gasteiger partial charge in [0.05, 0.1) is 27.3 Å². The zero-order valence-electron chi connectivity index (χ0n) is 16.2. The normalized spacial score (nSPS) is 11.2. The third kappa shape index (κ3) is 5.96. The van der Waals surface area contributed by atoms with E-state index in [0.717, 1.165) is 23.5 Å². The Morgan fingerprint density at radius 1 is 1.26 bits per heavy atom. The van der Waals surface area contributed by atoms with E-state index in [1.807, 2.05) is 19.2 Å². The quantitative estimate of drug-likeness (QED) is 0.410. The lowest BCUT2D eigenvalue weighted by molar-refractivity contribution is 0.0597. The fraction of sp³-hybridized carbons (Fsp3) is 0.421. The van der Waals surface area contributed by atoms with Crippen LogP contribution in [0.3, 0.4) is 0 Å². The third-order valence-corrected chi connectivity index (χ3v) is 4.93. The van der Waals surface area contributed by atoms with E-state index in [1.54, 1.807) is 23.5 Å². The molecule has 0 aliphatic rings. The van der Waals surface area contributed by atoms with Gasteiger partial charge in [-0.3, -0.25) is 0 Å². The minimum Gasteiger partial charge on any atom is -0.496 e. The van der Waals surface area contributed by atoms with Gasteiger partial charge in [-0.1, -0.05) is 13.0 Å². The molecule has 0 aliphatic carbocycles. The van der Waals surface area contributed by atoms with E-state index >= 15 is 0 Å². The third-order valence-electron chi connectivity index (χ3n) is 3.79. The first kappa shape index (κ1) is 20.7. The van der Waals surface area contributed by atoms with Gasteiger partial charge in [-0.2, -0.15) is 0 Å². The van der Waals surface area contributed by atoms with E-state index in [2.05, 4.69) is 27.5 Å². The molecule has 1 aromatic heterocycles. The number of thiazole rings is 1. The summed E-state index contributed by atoms with van der Waals surface area (Å²) in [5.74, 6) is 0.745. The Morgan fingerprint density at radius 3 is 2.70 bits per heavy atom. The largest absolute Gasteiger partial charge is 0.496 e. The maximum Gasteiger partial charge on any atom is 0.341 e. The van der Waals surface area contributed by atoms with Crippen LogP contribution in [0.1, 0.15) is 39.7 Å². The number of nitrogens with one attached hydrogen (secondary N) is 2. The van der Waals surface area contributed by atoms with Gasteiger partial charge in [0.25, 0.3) is 0 Å². The topological polar surface area (TPSA) is 84.8 Å². The predicted octanol–water partition coefficient (Wildman–Crippen LogP) is 2.76. The average molecular weight is 391 g/mol. The second kappa shape index (κ2) is 10.5. The van der Waals surface area contributed by atoms with Crippen molar-refractivity contribution in [3.8, 4) is 5.75 Å². The minimum atomic E-state index is -0.432. The van der Waals surface area contributed by atoms with Gasteiger partial charge in [0.1, 0.15) is 16.3 Å². The standard InChI is InChI=1S/C19H26N4O3S/c1-5-14-11-21-17(27-14)12-23-19(20-6-2)22-10-13-7-8-16(25-3)15(9-13)18(24)26-4/h7-9,11H,5-6,10,12H2,1-4H3,(H2,20,22,23). The van der Waals surface area contributed by atoms with Crippen molar-refractivity contribution in [2.24, 2.45) is 4.99 Å². The number of ether oxygens (including phenoxy) is 2. The van der Waals surface area contributed by atoms with Crippen molar-refractivity contribution in [2.45, 2.75) is 33.4 Å². The fourth-order valence-corrected chi connectivity index (χ4v) is 3.19. The smallest absolute Gasteiger partial charge is 0.341 e. The van der Waals surface area contributed by atoms with Crippen LogP contribution in [0, 0.1) is 0 Å². The number of aryl methyl sites for hydroxylation is 1. The molecule has 2 rings (SSSR count). The van der Waals surface area contributed by atoms with E-state index in [9.17, 15) is 4.79 Å². The number of aromatic nitrogens is 1. The van der Waals surface area contributed by atoms with Gasteiger partial charge in [0.2, 0.25) is 0 Å². The number of benzene rings is 1. The maximum atomic E-state index is 11.9. The Morgan fingerprint density at radius 2 is 2.07 bits per heavy atom. The van der Waals surface area contributed by atoms with Crippen LogP contribution in [-0.4, -0.2) is 37.7 Å². The number of nitrogens with zero attached hydrogens (tertiary/aromatic N) is 2. The summed E-state index contributed by atoms with van der Waals surface area (Å²) in [7, 11) is 2.87. The number of hydrogen-bond acceptors (Lipinski definition) is 6. The molecule has 7 nitrogen and oxygen atoms in total. The van der Waals surface area contributed by atoms with Crippen LogP contribution in [0.15, 0.2) is 29.4 Å². The molecular formula is C19H26N4O3S. The van der Waals surface area contributed by atoms with Gasteiger partial charge in [-0.25, -0.2) is 14.8 Å². The molecule has 2 aromatic rings. The first-order valence-corrected chi connectivity index (χ1v) is 9.63.